The van der Waals surface area contributed by atoms with E-state index in [1.807, 2.05) is 0 Å². The van der Waals surface area contributed by atoms with E-state index >= 15 is 0 Å². The lowest BCUT2D eigenvalue weighted by Gasteiger charge is -2.15. The van der Waals surface area contributed by atoms with Gasteiger partial charge in [0.1, 0.15) is 21.8 Å². The van der Waals surface area contributed by atoms with Gasteiger partial charge in [-0.05, 0) is 54.1 Å². The van der Waals surface area contributed by atoms with E-state index in [1.165, 1.54) is 54.1 Å². The van der Waals surface area contributed by atoms with Gasteiger partial charge >= 0.3 is 5.63 Å². The molecule has 0 aliphatic carbocycles. The van der Waals surface area contributed by atoms with Gasteiger partial charge < -0.3 is 18.8 Å². The number of fused-ring (bicyclic) bond motifs is 3. The van der Waals surface area contributed by atoms with Crippen molar-refractivity contribution >= 4 is 43.5 Å². The zero-order valence-corrected chi connectivity index (χ0v) is 21.7. The number of benzene rings is 3. The van der Waals surface area contributed by atoms with Crippen LogP contribution in [-0.2, 0) is 16.4 Å². The van der Waals surface area contributed by atoms with Crippen LogP contribution >= 0.6 is 11.8 Å². The van der Waals surface area contributed by atoms with Crippen molar-refractivity contribution in [2.75, 3.05) is 13.4 Å². The fourth-order valence-electron chi connectivity index (χ4n) is 4.10. The molecule has 2 aromatic heterocycles. The molecule has 8 nitrogen and oxygen atoms in total. The number of hydrogen-bond acceptors (Lipinski definition) is 8. The molecule has 0 fully saturated rings. The van der Waals surface area contributed by atoms with E-state index in [-0.39, 0.29) is 38.2 Å². The molecule has 1 N–H and O–H groups in total. The van der Waals surface area contributed by atoms with Gasteiger partial charge in [-0.2, -0.15) is 0 Å². The number of methoxy groups -OCH3 is 1. The summed E-state index contributed by atoms with van der Waals surface area (Å²) in [6, 6.07) is 16.3. The Morgan fingerprint density at radius 2 is 1.79 bits per heavy atom. The number of hydrogen-bond donors (Lipinski definition) is 1. The number of aromatic hydroxyl groups is 1. The highest BCUT2D eigenvalue weighted by Crippen LogP contribution is 2.38. The number of ether oxygens (including phenoxy) is 1. The van der Waals surface area contributed by atoms with Gasteiger partial charge in [-0.15, -0.1) is 0 Å². The van der Waals surface area contributed by atoms with Gasteiger partial charge in [0.25, 0.3) is 5.56 Å². The van der Waals surface area contributed by atoms with Crippen LogP contribution in [0.1, 0.15) is 5.56 Å². The summed E-state index contributed by atoms with van der Waals surface area (Å²) in [5.41, 5.74) is -1.02. The van der Waals surface area contributed by atoms with Crippen LogP contribution in [-0.4, -0.2) is 31.5 Å². The van der Waals surface area contributed by atoms with Gasteiger partial charge in [-0.1, -0.05) is 30.0 Å². The van der Waals surface area contributed by atoms with Gasteiger partial charge in [0.15, 0.2) is 21.2 Å². The number of aromatic nitrogens is 1. The summed E-state index contributed by atoms with van der Waals surface area (Å²) in [5.74, 6) is -0.479. The van der Waals surface area contributed by atoms with Crippen molar-refractivity contribution in [3.63, 3.8) is 0 Å². The van der Waals surface area contributed by atoms with E-state index in [0.29, 0.717) is 16.2 Å². The fourth-order valence-corrected chi connectivity index (χ4v) is 5.62. The second-order valence-electron chi connectivity index (χ2n) is 8.52. The Bertz CT molecular complexity index is 1950. The van der Waals surface area contributed by atoms with Gasteiger partial charge in [0.05, 0.1) is 24.1 Å². The Balaban J connectivity index is 1.81. The van der Waals surface area contributed by atoms with Crippen LogP contribution < -0.4 is 15.9 Å². The number of sulfone groups is 1. The number of halogens is 1. The summed E-state index contributed by atoms with van der Waals surface area (Å²) in [5, 5.41) is 11.2. The Morgan fingerprint density at radius 1 is 1.05 bits per heavy atom. The maximum absolute atomic E-state index is 13.8. The van der Waals surface area contributed by atoms with Crippen LogP contribution in [0.15, 0.2) is 95.4 Å². The minimum Gasteiger partial charge on any atom is -0.505 e. The molecule has 2 heterocycles. The zero-order chi connectivity index (χ0) is 27.2. The molecule has 0 saturated heterocycles. The lowest BCUT2D eigenvalue weighted by molar-refractivity contribution is 0.413. The van der Waals surface area contributed by atoms with Crippen LogP contribution in [0.5, 0.6) is 11.5 Å². The molecule has 0 bridgehead atoms. The maximum Gasteiger partial charge on any atom is 0.354 e. The minimum atomic E-state index is -3.64. The molecular weight excluding hydrogens is 533 g/mol. The molecule has 38 heavy (non-hydrogen) atoms. The molecule has 0 unspecified atom stereocenters. The largest absolute Gasteiger partial charge is 0.505 e. The van der Waals surface area contributed by atoms with E-state index < -0.39 is 32.6 Å². The molecule has 194 valence electrons. The van der Waals surface area contributed by atoms with Crippen LogP contribution in [0.25, 0.3) is 21.9 Å². The molecule has 0 amide bonds. The van der Waals surface area contributed by atoms with Crippen molar-refractivity contribution in [3.8, 4) is 11.5 Å². The highest BCUT2D eigenvalue weighted by Gasteiger charge is 2.23. The minimum absolute atomic E-state index is 0.0478. The van der Waals surface area contributed by atoms with Crippen molar-refractivity contribution in [1.82, 2.24) is 4.57 Å². The lowest BCUT2D eigenvalue weighted by Crippen LogP contribution is -2.23. The van der Waals surface area contributed by atoms with Crippen molar-refractivity contribution < 1.29 is 27.1 Å². The molecule has 5 rings (SSSR count). The molecule has 0 spiro atoms. The highest BCUT2D eigenvalue weighted by molar-refractivity contribution is 7.99. The smallest absolute Gasteiger partial charge is 0.354 e. The molecular formula is C27H20FNO7S2. The van der Waals surface area contributed by atoms with Crippen molar-refractivity contribution in [1.29, 1.82) is 0 Å². The predicted molar refractivity (Wildman–Crippen MR) is 142 cm³/mol. The van der Waals surface area contributed by atoms with E-state index in [2.05, 4.69) is 0 Å². The zero-order valence-electron chi connectivity index (χ0n) is 20.1. The summed E-state index contributed by atoms with van der Waals surface area (Å²) in [4.78, 5) is 27.1. The van der Waals surface area contributed by atoms with Crippen molar-refractivity contribution in [3.05, 3.63) is 98.9 Å². The second kappa shape index (κ2) is 9.66. The van der Waals surface area contributed by atoms with Crippen LogP contribution in [0.4, 0.5) is 4.39 Å². The quantitative estimate of drug-likeness (QED) is 0.304. The first-order chi connectivity index (χ1) is 18.1. The molecule has 5 aromatic rings. The van der Waals surface area contributed by atoms with E-state index in [1.54, 1.807) is 24.3 Å². The average Bonchev–Trinajstić information content (AvgIpc) is 2.89. The second-order valence-corrected chi connectivity index (χ2v) is 11.6. The first kappa shape index (κ1) is 25.6. The van der Waals surface area contributed by atoms with Crippen molar-refractivity contribution in [2.24, 2.45) is 0 Å². The van der Waals surface area contributed by atoms with E-state index in [0.717, 1.165) is 18.0 Å². The lowest BCUT2D eigenvalue weighted by atomic mass is 10.1. The summed E-state index contributed by atoms with van der Waals surface area (Å²) < 4.78 is 50.0. The Hall–Kier alpha value is -4.09. The summed E-state index contributed by atoms with van der Waals surface area (Å²) in [6.07, 6.45) is 1.03. The molecule has 0 radical (unpaired) electrons. The Morgan fingerprint density at radius 3 is 2.47 bits per heavy atom. The topological polar surface area (TPSA) is 116 Å². The third-order valence-electron chi connectivity index (χ3n) is 5.97. The van der Waals surface area contributed by atoms with Crippen LogP contribution in [0.2, 0.25) is 0 Å². The first-order valence-corrected chi connectivity index (χ1v) is 13.9. The molecule has 0 aliphatic rings. The monoisotopic (exact) mass is 553 g/mol. The van der Waals surface area contributed by atoms with Gasteiger partial charge in [-0.25, -0.2) is 17.6 Å². The van der Waals surface area contributed by atoms with Gasteiger partial charge in [-0.3, -0.25) is 4.79 Å². The molecule has 0 aliphatic heterocycles. The number of rotatable bonds is 6. The summed E-state index contributed by atoms with van der Waals surface area (Å²) >= 11 is 0.911. The van der Waals surface area contributed by atoms with E-state index in [4.69, 9.17) is 9.15 Å². The predicted octanol–water partition coefficient (Wildman–Crippen LogP) is 4.56. The Kier molecular flexibility index (Phi) is 6.49. The maximum atomic E-state index is 13.8. The summed E-state index contributed by atoms with van der Waals surface area (Å²) in [7, 11) is -2.14. The Labute approximate surface area is 219 Å². The highest BCUT2D eigenvalue weighted by atomic mass is 32.2. The van der Waals surface area contributed by atoms with Crippen LogP contribution in [0.3, 0.4) is 0 Å². The number of pyridine rings is 1. The fraction of sp³-hybridized carbons (Fsp3) is 0.111. The molecule has 0 atom stereocenters. The average molecular weight is 554 g/mol. The number of nitrogens with zero attached hydrogens (tertiary/aromatic N) is 1. The third-order valence-corrected chi connectivity index (χ3v) is 8.13. The molecule has 11 heteroatoms. The van der Waals surface area contributed by atoms with Crippen LogP contribution in [0, 0.1) is 5.82 Å². The van der Waals surface area contributed by atoms with Gasteiger partial charge in [0, 0.05) is 16.5 Å². The van der Waals surface area contributed by atoms with E-state index in [9.17, 15) is 27.5 Å². The van der Waals surface area contributed by atoms with Gasteiger partial charge in [0.2, 0.25) is 0 Å². The standard InChI is InChI=1S/C27H20FNO7S2/c1-35-17-4-3-5-18(12-17)37-25-23(30)22-24(36-27(25)32)20-11-10-19(38(2,33)34)13-21(20)29(26(22)31)14-15-6-8-16(28)9-7-15/h3-13,30H,14H2,1-2H3. The normalized spacial score (nSPS) is 11.8. The molecule has 0 saturated carbocycles. The third kappa shape index (κ3) is 4.66. The SMILES string of the molecule is COc1cccc(Sc2c(O)c3c(=O)n(Cc4ccc(F)cc4)c4cc(S(C)(=O)=O)ccc4c3oc2=O)c1. The molecule has 3 aromatic carbocycles. The van der Waals surface area contributed by atoms with Crippen molar-refractivity contribution in [2.45, 2.75) is 21.2 Å². The summed E-state index contributed by atoms with van der Waals surface area (Å²) in [6.45, 7) is -0.0598. The first-order valence-electron chi connectivity index (χ1n) is 11.2.